The Bertz CT molecular complexity index is 437. The smallest absolute Gasteiger partial charge is 0.407 e. The van der Waals surface area contributed by atoms with Gasteiger partial charge in [0.25, 0.3) is 0 Å². The molecule has 0 aromatic carbocycles. The number of piperidine rings is 1. The predicted molar refractivity (Wildman–Crippen MR) is 66.0 cm³/mol. The van der Waals surface area contributed by atoms with Crippen LogP contribution >= 0.6 is 0 Å². The Balaban J connectivity index is 1.66. The molecule has 0 unspecified atom stereocenters. The molecule has 1 N–H and O–H groups in total. The molecule has 1 aromatic heterocycles. The molecule has 96 valence electrons. The number of alkyl carbamates (subject to hydrolysis) is 1. The first-order valence-corrected chi connectivity index (χ1v) is 6.35. The summed E-state index contributed by atoms with van der Waals surface area (Å²) in [6.07, 6.45) is 3.54. The van der Waals surface area contributed by atoms with E-state index in [1.165, 1.54) is 0 Å². The van der Waals surface area contributed by atoms with Crippen LogP contribution in [0, 0.1) is 0 Å². The van der Waals surface area contributed by atoms with Gasteiger partial charge in [-0.15, -0.1) is 0 Å². The van der Waals surface area contributed by atoms with Crippen molar-refractivity contribution in [2.75, 3.05) is 19.6 Å². The fraction of sp³-hybridized carbons (Fsp3) is 0.538. The molecule has 5 nitrogen and oxygen atoms in total. The fourth-order valence-corrected chi connectivity index (χ4v) is 2.78. The molecule has 3 heterocycles. The maximum absolute atomic E-state index is 11.2. The zero-order valence-corrected chi connectivity index (χ0v) is 10.3. The van der Waals surface area contributed by atoms with Gasteiger partial charge in [-0.1, -0.05) is 6.07 Å². The zero-order valence-electron chi connectivity index (χ0n) is 10.3. The van der Waals surface area contributed by atoms with Crippen LogP contribution in [0.25, 0.3) is 0 Å². The molecule has 1 aromatic rings. The number of hydrogen-bond donors (Lipinski definition) is 1. The summed E-state index contributed by atoms with van der Waals surface area (Å²) >= 11 is 0. The molecule has 3 rings (SSSR count). The van der Waals surface area contributed by atoms with Gasteiger partial charge < -0.3 is 10.1 Å². The predicted octanol–water partition coefficient (Wildman–Crippen LogP) is 1.16. The minimum Gasteiger partial charge on any atom is -0.440 e. The number of rotatable bonds is 2. The highest BCUT2D eigenvalue weighted by molar-refractivity contribution is 5.70. The first-order valence-electron chi connectivity index (χ1n) is 6.35. The van der Waals surface area contributed by atoms with Crippen molar-refractivity contribution in [1.82, 2.24) is 15.2 Å². The molecule has 18 heavy (non-hydrogen) atoms. The van der Waals surface area contributed by atoms with Crippen LogP contribution in [0.15, 0.2) is 24.4 Å². The van der Waals surface area contributed by atoms with Gasteiger partial charge in [0.1, 0.15) is 5.60 Å². The quantitative estimate of drug-likeness (QED) is 0.852. The Morgan fingerprint density at radius 1 is 1.50 bits per heavy atom. The second-order valence-electron chi connectivity index (χ2n) is 5.06. The SMILES string of the molecule is O=C1NC[C@@]2(CCCN(Cc3ccccn3)C2)O1. The number of amides is 1. The Hall–Kier alpha value is -1.62. The van der Waals surface area contributed by atoms with Gasteiger partial charge in [-0.3, -0.25) is 9.88 Å². The number of carbonyl (C=O) groups is 1. The summed E-state index contributed by atoms with van der Waals surface area (Å²) in [6, 6.07) is 5.95. The van der Waals surface area contributed by atoms with E-state index in [-0.39, 0.29) is 11.7 Å². The summed E-state index contributed by atoms with van der Waals surface area (Å²) in [6.45, 7) is 3.28. The van der Waals surface area contributed by atoms with Crippen LogP contribution in [0.1, 0.15) is 18.5 Å². The summed E-state index contributed by atoms with van der Waals surface area (Å²) in [5.74, 6) is 0. The van der Waals surface area contributed by atoms with Gasteiger partial charge >= 0.3 is 6.09 Å². The highest BCUT2D eigenvalue weighted by Gasteiger charge is 2.43. The highest BCUT2D eigenvalue weighted by atomic mass is 16.6. The third-order valence-electron chi connectivity index (χ3n) is 3.59. The first kappa shape index (κ1) is 11.5. The molecular weight excluding hydrogens is 230 g/mol. The molecule has 1 atom stereocenters. The lowest BCUT2D eigenvalue weighted by Gasteiger charge is -2.37. The van der Waals surface area contributed by atoms with E-state index in [0.29, 0.717) is 6.54 Å². The number of likely N-dealkylation sites (tertiary alicyclic amines) is 1. The van der Waals surface area contributed by atoms with Crippen molar-refractivity contribution in [2.24, 2.45) is 0 Å². The van der Waals surface area contributed by atoms with Gasteiger partial charge in [-0.25, -0.2) is 4.79 Å². The van der Waals surface area contributed by atoms with E-state index < -0.39 is 0 Å². The van der Waals surface area contributed by atoms with Crippen molar-refractivity contribution in [1.29, 1.82) is 0 Å². The van der Waals surface area contributed by atoms with Crippen molar-refractivity contribution in [3.8, 4) is 0 Å². The van der Waals surface area contributed by atoms with E-state index >= 15 is 0 Å². The summed E-state index contributed by atoms with van der Waals surface area (Å²) in [5.41, 5.74) is 0.747. The first-order chi connectivity index (χ1) is 8.76. The lowest BCUT2D eigenvalue weighted by atomic mass is 9.93. The monoisotopic (exact) mass is 247 g/mol. The van der Waals surface area contributed by atoms with E-state index in [0.717, 1.165) is 38.2 Å². The topological polar surface area (TPSA) is 54.5 Å². The molecule has 2 aliphatic heterocycles. The van der Waals surface area contributed by atoms with Gasteiger partial charge in [0, 0.05) is 19.3 Å². The normalized spacial score (nSPS) is 28.1. The molecule has 5 heteroatoms. The second-order valence-corrected chi connectivity index (χ2v) is 5.06. The average Bonchev–Trinajstić information content (AvgIpc) is 2.72. The average molecular weight is 247 g/mol. The van der Waals surface area contributed by atoms with Crippen molar-refractivity contribution < 1.29 is 9.53 Å². The minimum atomic E-state index is -0.315. The van der Waals surface area contributed by atoms with E-state index in [1.807, 2.05) is 24.4 Å². The van der Waals surface area contributed by atoms with Gasteiger partial charge in [0.05, 0.1) is 12.2 Å². The van der Waals surface area contributed by atoms with Crippen LogP contribution in [-0.2, 0) is 11.3 Å². The Kier molecular flexibility index (Phi) is 2.91. The standard InChI is InChI=1S/C13H17N3O2/c17-12-15-9-13(18-12)5-3-7-16(10-13)8-11-4-1-2-6-14-11/h1-2,4,6H,3,5,7-10H2,(H,15,17)/t13-/m1/s1. The lowest BCUT2D eigenvalue weighted by molar-refractivity contribution is -0.0114. The minimum absolute atomic E-state index is 0.283. The van der Waals surface area contributed by atoms with E-state index in [1.54, 1.807) is 0 Å². The van der Waals surface area contributed by atoms with Crippen molar-refractivity contribution in [2.45, 2.75) is 25.0 Å². The molecular formula is C13H17N3O2. The van der Waals surface area contributed by atoms with E-state index in [2.05, 4.69) is 15.2 Å². The number of nitrogens with one attached hydrogen (secondary N) is 1. The largest absolute Gasteiger partial charge is 0.440 e. The van der Waals surface area contributed by atoms with E-state index in [9.17, 15) is 4.79 Å². The van der Waals surface area contributed by atoms with Gasteiger partial charge in [-0.05, 0) is 31.5 Å². The number of hydrogen-bond acceptors (Lipinski definition) is 4. The van der Waals surface area contributed by atoms with Crippen LogP contribution in [0.3, 0.4) is 0 Å². The molecule has 1 spiro atoms. The van der Waals surface area contributed by atoms with Crippen LogP contribution < -0.4 is 5.32 Å². The highest BCUT2D eigenvalue weighted by Crippen LogP contribution is 2.28. The third kappa shape index (κ3) is 2.31. The van der Waals surface area contributed by atoms with E-state index in [4.69, 9.17) is 4.74 Å². The van der Waals surface area contributed by atoms with Crippen LogP contribution in [0.2, 0.25) is 0 Å². The third-order valence-corrected chi connectivity index (χ3v) is 3.59. The molecule has 0 saturated carbocycles. The maximum Gasteiger partial charge on any atom is 0.407 e. The second kappa shape index (κ2) is 4.57. The molecule has 2 saturated heterocycles. The number of pyridine rings is 1. The Morgan fingerprint density at radius 3 is 3.17 bits per heavy atom. The van der Waals surface area contributed by atoms with Crippen molar-refractivity contribution in [3.63, 3.8) is 0 Å². The van der Waals surface area contributed by atoms with Gasteiger partial charge in [-0.2, -0.15) is 0 Å². The van der Waals surface area contributed by atoms with Crippen molar-refractivity contribution >= 4 is 6.09 Å². The number of nitrogens with zero attached hydrogens (tertiary/aromatic N) is 2. The molecule has 0 radical (unpaired) electrons. The molecule has 2 aliphatic rings. The fourth-order valence-electron chi connectivity index (χ4n) is 2.78. The van der Waals surface area contributed by atoms with Crippen molar-refractivity contribution in [3.05, 3.63) is 30.1 Å². The summed E-state index contributed by atoms with van der Waals surface area (Å²) in [4.78, 5) is 17.9. The summed E-state index contributed by atoms with van der Waals surface area (Å²) in [7, 11) is 0. The number of aromatic nitrogens is 1. The summed E-state index contributed by atoms with van der Waals surface area (Å²) in [5, 5.41) is 2.76. The number of ether oxygens (including phenoxy) is 1. The number of carbonyl (C=O) groups excluding carboxylic acids is 1. The summed E-state index contributed by atoms with van der Waals surface area (Å²) < 4.78 is 5.45. The van der Waals surface area contributed by atoms with Gasteiger partial charge in [0.15, 0.2) is 0 Å². The molecule has 1 amide bonds. The lowest BCUT2D eigenvalue weighted by Crippen LogP contribution is -2.50. The molecule has 0 aliphatic carbocycles. The molecule has 2 fully saturated rings. The molecule has 0 bridgehead atoms. The Morgan fingerprint density at radius 2 is 2.44 bits per heavy atom. The maximum atomic E-state index is 11.2. The van der Waals surface area contributed by atoms with Crippen LogP contribution in [0.4, 0.5) is 4.79 Å². The zero-order chi connectivity index (χ0) is 12.4. The van der Waals surface area contributed by atoms with Crippen LogP contribution in [0.5, 0.6) is 0 Å². The Labute approximate surface area is 106 Å². The van der Waals surface area contributed by atoms with Crippen LogP contribution in [-0.4, -0.2) is 41.2 Å². The van der Waals surface area contributed by atoms with Gasteiger partial charge in [0.2, 0.25) is 0 Å².